The molecule has 1 aliphatic rings. The molecule has 0 saturated carbocycles. The number of aromatic amines is 1. The van der Waals surface area contributed by atoms with Gasteiger partial charge in [0.1, 0.15) is 23.0 Å². The molecule has 0 bridgehead atoms. The number of anilines is 2. The van der Waals surface area contributed by atoms with Gasteiger partial charge in [0, 0.05) is 43.0 Å². The molecule has 0 aliphatic carbocycles. The van der Waals surface area contributed by atoms with E-state index in [-0.39, 0.29) is 35.1 Å². The van der Waals surface area contributed by atoms with Crippen LogP contribution in [0.1, 0.15) is 40.1 Å². The maximum absolute atomic E-state index is 15.5. The minimum Gasteiger partial charge on any atom is -0.367 e. The fourth-order valence-corrected chi connectivity index (χ4v) is 4.79. The van der Waals surface area contributed by atoms with Crippen LogP contribution in [0.5, 0.6) is 0 Å². The lowest BCUT2D eigenvalue weighted by Gasteiger charge is -2.44. The van der Waals surface area contributed by atoms with E-state index < -0.39 is 63.3 Å². The molecular weight excluding hydrogens is 556 g/mol. The Kier molecular flexibility index (Phi) is 7.89. The molecule has 14 heteroatoms. The van der Waals surface area contributed by atoms with Crippen LogP contribution in [-0.2, 0) is 6.18 Å². The van der Waals surface area contributed by atoms with E-state index in [1.54, 1.807) is 4.90 Å². The Morgan fingerprint density at radius 3 is 2.10 bits per heavy atom. The highest BCUT2D eigenvalue weighted by molar-refractivity contribution is 6.07. The Bertz CT molecular complexity index is 1550. The van der Waals surface area contributed by atoms with E-state index in [0.29, 0.717) is 31.4 Å². The van der Waals surface area contributed by atoms with Crippen molar-refractivity contribution in [3.05, 3.63) is 81.0 Å². The first kappa shape index (κ1) is 29.6. The molecule has 2 amide bonds. The van der Waals surface area contributed by atoms with Crippen LogP contribution in [0.25, 0.3) is 11.1 Å². The van der Waals surface area contributed by atoms with Gasteiger partial charge >= 0.3 is 6.18 Å². The molecule has 2 aromatic carbocycles. The molecule has 1 fully saturated rings. The lowest BCUT2D eigenvalue weighted by atomic mass is 9.99. The van der Waals surface area contributed by atoms with Crippen molar-refractivity contribution in [1.82, 2.24) is 9.88 Å². The first-order valence-electron chi connectivity index (χ1n) is 12.3. The van der Waals surface area contributed by atoms with E-state index in [4.69, 9.17) is 5.73 Å². The van der Waals surface area contributed by atoms with Gasteiger partial charge in [0.2, 0.25) is 5.56 Å². The summed E-state index contributed by atoms with van der Waals surface area (Å²) in [6, 6.07) is 3.56. The highest BCUT2D eigenvalue weighted by Crippen LogP contribution is 2.38. The molecule has 2 atom stereocenters. The lowest BCUT2D eigenvalue weighted by Crippen LogP contribution is -2.55. The summed E-state index contributed by atoms with van der Waals surface area (Å²) in [5.41, 5.74) is -0.319. The fourth-order valence-electron chi connectivity index (χ4n) is 4.79. The van der Waals surface area contributed by atoms with Crippen LogP contribution >= 0.6 is 0 Å². The molecule has 1 saturated heterocycles. The number of halogens is 6. The van der Waals surface area contributed by atoms with Crippen molar-refractivity contribution >= 4 is 23.2 Å². The number of rotatable bonds is 5. The Hall–Kier alpha value is -4.33. The van der Waals surface area contributed by atoms with E-state index in [9.17, 15) is 36.3 Å². The molecule has 3 aromatic rings. The summed E-state index contributed by atoms with van der Waals surface area (Å²) in [5.74, 6) is -6.32. The molecular formula is C27H25F6N5O3. The number of amides is 2. The summed E-state index contributed by atoms with van der Waals surface area (Å²) in [6.07, 6.45) is -4.44. The van der Waals surface area contributed by atoms with Crippen LogP contribution in [0.2, 0.25) is 0 Å². The fraction of sp³-hybridized carbons (Fsp3) is 0.296. The molecule has 2 heterocycles. The highest BCUT2D eigenvalue weighted by atomic mass is 19.4. The summed E-state index contributed by atoms with van der Waals surface area (Å²) in [5, 5.41) is 2.35. The molecule has 218 valence electrons. The molecule has 1 aliphatic heterocycles. The van der Waals surface area contributed by atoms with Crippen molar-refractivity contribution in [2.24, 2.45) is 5.73 Å². The predicted octanol–water partition coefficient (Wildman–Crippen LogP) is 4.36. The Morgan fingerprint density at radius 2 is 1.56 bits per heavy atom. The van der Waals surface area contributed by atoms with Gasteiger partial charge < -0.3 is 20.9 Å². The summed E-state index contributed by atoms with van der Waals surface area (Å²) < 4.78 is 85.4. The number of nitrogens with zero attached hydrogens (tertiary/aromatic N) is 2. The predicted molar refractivity (Wildman–Crippen MR) is 139 cm³/mol. The maximum atomic E-state index is 15.5. The molecule has 2 unspecified atom stereocenters. The number of aromatic nitrogens is 1. The largest absolute Gasteiger partial charge is 0.417 e. The number of hydrogen-bond donors (Lipinski definition) is 3. The molecule has 4 N–H and O–H groups in total. The van der Waals surface area contributed by atoms with Gasteiger partial charge in [-0.15, -0.1) is 0 Å². The average molecular weight is 582 g/mol. The second-order valence-electron chi connectivity index (χ2n) is 9.87. The van der Waals surface area contributed by atoms with Gasteiger partial charge in [-0.2, -0.15) is 13.2 Å². The number of nitrogens with two attached hydrogens (primary N) is 1. The average Bonchev–Trinajstić information content (AvgIpc) is 2.86. The van der Waals surface area contributed by atoms with Crippen molar-refractivity contribution in [2.75, 3.05) is 30.4 Å². The number of H-pyrrole nitrogens is 1. The quantitative estimate of drug-likeness (QED) is 0.388. The van der Waals surface area contributed by atoms with Crippen LogP contribution < -0.4 is 21.5 Å². The molecule has 0 spiro atoms. The number of piperazine rings is 1. The molecule has 41 heavy (non-hydrogen) atoms. The zero-order chi connectivity index (χ0) is 30.4. The van der Waals surface area contributed by atoms with Crippen LogP contribution in [0.4, 0.5) is 37.7 Å². The van der Waals surface area contributed by atoms with E-state index in [0.717, 1.165) is 12.1 Å². The second kappa shape index (κ2) is 10.9. The van der Waals surface area contributed by atoms with Crippen molar-refractivity contribution in [3.8, 4) is 11.1 Å². The van der Waals surface area contributed by atoms with Crippen LogP contribution in [0, 0.1) is 17.5 Å². The van der Waals surface area contributed by atoms with E-state index in [1.165, 1.54) is 0 Å². The number of hydrogen-bond acceptors (Lipinski definition) is 5. The number of benzene rings is 2. The first-order chi connectivity index (χ1) is 19.1. The van der Waals surface area contributed by atoms with Crippen molar-refractivity contribution in [3.63, 3.8) is 0 Å². The third-order valence-electron chi connectivity index (χ3n) is 7.11. The van der Waals surface area contributed by atoms with Gasteiger partial charge in [-0.3, -0.25) is 19.3 Å². The van der Waals surface area contributed by atoms with Gasteiger partial charge in [-0.05, 0) is 50.7 Å². The van der Waals surface area contributed by atoms with Crippen molar-refractivity contribution < 1.29 is 35.9 Å². The van der Waals surface area contributed by atoms with E-state index in [2.05, 4.69) is 10.2 Å². The number of carbonyl (C=O) groups is 2. The summed E-state index contributed by atoms with van der Waals surface area (Å²) in [4.78, 5) is 41.9. The Morgan fingerprint density at radius 1 is 0.976 bits per heavy atom. The van der Waals surface area contributed by atoms with Gasteiger partial charge in [0.05, 0.1) is 22.5 Å². The Balaban J connectivity index is 1.87. The first-order valence-corrected chi connectivity index (χ1v) is 12.3. The molecule has 1 aromatic heterocycles. The third kappa shape index (κ3) is 5.92. The van der Waals surface area contributed by atoms with Crippen LogP contribution in [-0.4, -0.2) is 53.9 Å². The minimum absolute atomic E-state index is 0.0365. The minimum atomic E-state index is -5.04. The van der Waals surface area contributed by atoms with Crippen molar-refractivity contribution in [1.29, 1.82) is 0 Å². The number of likely N-dealkylation sites (N-methyl/N-ethyl adjacent to an activating group) is 1. The smallest absolute Gasteiger partial charge is 0.367 e. The van der Waals surface area contributed by atoms with Gasteiger partial charge in [0.25, 0.3) is 11.8 Å². The van der Waals surface area contributed by atoms with E-state index in [1.807, 2.05) is 25.9 Å². The summed E-state index contributed by atoms with van der Waals surface area (Å²) >= 11 is 0. The highest BCUT2D eigenvalue weighted by Gasteiger charge is 2.36. The van der Waals surface area contributed by atoms with Gasteiger partial charge in [-0.25, -0.2) is 13.2 Å². The number of pyridine rings is 1. The SMILES string of the molecule is CC1CN(c2cc(F)c(-c3cc(F)c(C(N)=O)c(F)c3)cc2NC(=O)c2c[nH]c(=O)cc2C(F)(F)F)CC(C)N1C. The normalized spacial score (nSPS) is 17.9. The van der Waals surface area contributed by atoms with Crippen LogP contribution in [0.3, 0.4) is 0 Å². The number of carbonyl (C=O) groups excluding carboxylic acids is 2. The van der Waals surface area contributed by atoms with Gasteiger partial charge in [0.15, 0.2) is 0 Å². The number of alkyl halides is 3. The maximum Gasteiger partial charge on any atom is 0.417 e. The third-order valence-corrected chi connectivity index (χ3v) is 7.11. The summed E-state index contributed by atoms with van der Waals surface area (Å²) in [7, 11) is 1.90. The summed E-state index contributed by atoms with van der Waals surface area (Å²) in [6.45, 7) is 4.53. The van der Waals surface area contributed by atoms with Crippen LogP contribution in [0.15, 0.2) is 41.3 Å². The zero-order valence-electron chi connectivity index (χ0n) is 22.0. The second-order valence-corrected chi connectivity index (χ2v) is 9.87. The van der Waals surface area contributed by atoms with E-state index >= 15 is 4.39 Å². The molecule has 0 radical (unpaired) electrons. The molecule has 4 rings (SSSR count). The molecule has 8 nitrogen and oxygen atoms in total. The van der Waals surface area contributed by atoms with Crippen molar-refractivity contribution in [2.45, 2.75) is 32.1 Å². The number of nitrogens with one attached hydrogen (secondary N) is 2. The topological polar surface area (TPSA) is 112 Å². The number of primary amides is 1. The lowest BCUT2D eigenvalue weighted by molar-refractivity contribution is -0.138. The standard InChI is InChI=1S/C27H25F6N5O3/c1-12-10-38(11-13(2)37(12)3)22-8-18(28)15(14-4-19(29)24(25(34)40)20(30)5-14)6-21(22)36-26(41)16-9-35-23(39)7-17(16)27(31,32)33/h4-9,12-13H,10-11H2,1-3H3,(H2,34,40)(H,35,39)(H,36,41). The zero-order valence-corrected chi connectivity index (χ0v) is 22.0. The monoisotopic (exact) mass is 581 g/mol. The Labute approximate surface area is 229 Å². The van der Waals surface area contributed by atoms with Gasteiger partial charge in [-0.1, -0.05) is 0 Å².